The number of sulfonamides is 1. The minimum Gasteiger partial charge on any atom is -0.285 e. The van der Waals surface area contributed by atoms with E-state index in [9.17, 15) is 8.42 Å². The van der Waals surface area contributed by atoms with Gasteiger partial charge in [-0.3, -0.25) is 5.10 Å². The van der Waals surface area contributed by atoms with Gasteiger partial charge >= 0.3 is 0 Å². The fourth-order valence-corrected chi connectivity index (χ4v) is 3.97. The van der Waals surface area contributed by atoms with Crippen molar-refractivity contribution < 1.29 is 8.42 Å². The molecule has 21 heavy (non-hydrogen) atoms. The predicted octanol–water partition coefficient (Wildman–Crippen LogP) is 2.11. The van der Waals surface area contributed by atoms with E-state index in [-0.39, 0.29) is 0 Å². The lowest BCUT2D eigenvalue weighted by Gasteiger charge is -2.20. The van der Waals surface area contributed by atoms with Crippen molar-refractivity contribution >= 4 is 10.0 Å². The Kier molecular flexibility index (Phi) is 3.82. The number of hydrogen-bond acceptors (Lipinski definition) is 3. The van der Waals surface area contributed by atoms with Crippen molar-refractivity contribution in [3.8, 4) is 0 Å². The monoisotopic (exact) mass is 305 g/mol. The number of nitrogens with one attached hydrogen (secondary N) is 1. The van der Waals surface area contributed by atoms with Crippen LogP contribution in [0.3, 0.4) is 0 Å². The van der Waals surface area contributed by atoms with Gasteiger partial charge in [0.25, 0.3) is 0 Å². The predicted molar refractivity (Wildman–Crippen MR) is 80.3 cm³/mol. The lowest BCUT2D eigenvalue weighted by Crippen LogP contribution is -2.26. The summed E-state index contributed by atoms with van der Waals surface area (Å²) in [5.74, 6) is 0. The molecule has 0 saturated carbocycles. The summed E-state index contributed by atoms with van der Waals surface area (Å²) in [5, 5.41) is 6.54. The Hall–Kier alpha value is -1.66. The molecule has 0 unspecified atom stereocenters. The van der Waals surface area contributed by atoms with Crippen LogP contribution in [0.25, 0.3) is 0 Å². The summed E-state index contributed by atoms with van der Waals surface area (Å²) >= 11 is 0. The molecule has 1 aliphatic rings. The van der Waals surface area contributed by atoms with Gasteiger partial charge in [-0.05, 0) is 48.9 Å². The Morgan fingerprint density at radius 3 is 2.71 bits per heavy atom. The van der Waals surface area contributed by atoms with Crippen LogP contribution in [0, 0.1) is 0 Å². The molecule has 112 valence electrons. The normalized spacial score (nSPS) is 15.1. The molecule has 5 nitrogen and oxygen atoms in total. The Balaban J connectivity index is 1.87. The maximum Gasteiger partial charge on any atom is 0.243 e. The van der Waals surface area contributed by atoms with Gasteiger partial charge in [-0.1, -0.05) is 6.07 Å². The zero-order valence-corrected chi connectivity index (χ0v) is 12.9. The molecule has 0 aliphatic heterocycles. The number of aryl methyl sites for hydroxylation is 2. The standard InChI is InChI=1S/C15H19N3O2S/c1-18(11-12-9-16-17-10-12)21(19,20)15-7-6-13-4-2-3-5-14(13)8-15/h6-10H,2-5,11H2,1H3,(H,16,17). The molecule has 0 amide bonds. The van der Waals surface area contributed by atoms with E-state index in [1.54, 1.807) is 25.5 Å². The highest BCUT2D eigenvalue weighted by Gasteiger charge is 2.22. The third-order valence-corrected chi connectivity index (χ3v) is 5.79. The topological polar surface area (TPSA) is 66.1 Å². The number of benzene rings is 1. The molecule has 0 bridgehead atoms. The van der Waals surface area contributed by atoms with Gasteiger partial charge in [-0.15, -0.1) is 0 Å². The van der Waals surface area contributed by atoms with E-state index in [2.05, 4.69) is 10.2 Å². The molecule has 1 N–H and O–H groups in total. The van der Waals surface area contributed by atoms with Crippen LogP contribution in [0.4, 0.5) is 0 Å². The van der Waals surface area contributed by atoms with Gasteiger partial charge in [0.05, 0.1) is 11.1 Å². The van der Waals surface area contributed by atoms with Crippen LogP contribution in [-0.2, 0) is 29.4 Å². The highest BCUT2D eigenvalue weighted by atomic mass is 32.2. The second-order valence-electron chi connectivity index (χ2n) is 5.51. The van der Waals surface area contributed by atoms with E-state index in [4.69, 9.17) is 0 Å². The molecule has 6 heteroatoms. The van der Waals surface area contributed by atoms with Gasteiger partial charge in [0, 0.05) is 25.4 Å². The molecule has 1 aliphatic carbocycles. The largest absolute Gasteiger partial charge is 0.285 e. The molecule has 3 rings (SSSR count). The summed E-state index contributed by atoms with van der Waals surface area (Å²) in [6, 6.07) is 5.54. The van der Waals surface area contributed by atoms with Gasteiger partial charge in [0.2, 0.25) is 10.0 Å². The maximum atomic E-state index is 12.6. The van der Waals surface area contributed by atoms with E-state index >= 15 is 0 Å². The van der Waals surface area contributed by atoms with Crippen molar-refractivity contribution in [1.29, 1.82) is 0 Å². The number of rotatable bonds is 4. The molecule has 0 atom stereocenters. The zero-order valence-electron chi connectivity index (χ0n) is 12.0. The summed E-state index contributed by atoms with van der Waals surface area (Å²) in [6.45, 7) is 0.315. The van der Waals surface area contributed by atoms with E-state index in [1.807, 2.05) is 12.1 Å². The van der Waals surface area contributed by atoms with Gasteiger partial charge in [-0.2, -0.15) is 9.40 Å². The number of aromatic amines is 1. The lowest BCUT2D eigenvalue weighted by molar-refractivity contribution is 0.466. The summed E-state index contributed by atoms with van der Waals surface area (Å²) in [6.07, 6.45) is 7.71. The molecule has 0 fully saturated rings. The Morgan fingerprint density at radius 1 is 1.24 bits per heavy atom. The first-order valence-electron chi connectivity index (χ1n) is 7.13. The van der Waals surface area contributed by atoms with Gasteiger partial charge < -0.3 is 0 Å². The van der Waals surface area contributed by atoms with Crippen molar-refractivity contribution in [2.75, 3.05) is 7.05 Å². The Bertz CT molecular complexity index is 723. The fourth-order valence-electron chi connectivity index (χ4n) is 2.76. The van der Waals surface area contributed by atoms with Crippen LogP contribution in [0.15, 0.2) is 35.5 Å². The van der Waals surface area contributed by atoms with Crippen LogP contribution in [0.1, 0.15) is 29.5 Å². The second-order valence-corrected chi connectivity index (χ2v) is 7.55. The average molecular weight is 305 g/mol. The first-order valence-corrected chi connectivity index (χ1v) is 8.57. The van der Waals surface area contributed by atoms with Gasteiger partial charge in [0.15, 0.2) is 0 Å². The van der Waals surface area contributed by atoms with Crippen molar-refractivity contribution in [3.63, 3.8) is 0 Å². The zero-order chi connectivity index (χ0) is 14.9. The third kappa shape index (κ3) is 2.87. The molecular formula is C15H19N3O2S. The van der Waals surface area contributed by atoms with E-state index in [1.165, 1.54) is 21.9 Å². The molecule has 0 saturated heterocycles. The maximum absolute atomic E-state index is 12.6. The Morgan fingerprint density at radius 2 is 2.00 bits per heavy atom. The van der Waals surface area contributed by atoms with Crippen molar-refractivity contribution in [2.24, 2.45) is 0 Å². The molecule has 1 aromatic carbocycles. The molecular weight excluding hydrogens is 286 g/mol. The van der Waals surface area contributed by atoms with Crippen LogP contribution in [-0.4, -0.2) is 30.0 Å². The van der Waals surface area contributed by atoms with Gasteiger partial charge in [-0.25, -0.2) is 8.42 Å². The molecule has 0 spiro atoms. The summed E-state index contributed by atoms with van der Waals surface area (Å²) in [4.78, 5) is 0.383. The van der Waals surface area contributed by atoms with Crippen molar-refractivity contribution in [2.45, 2.75) is 37.1 Å². The van der Waals surface area contributed by atoms with Crippen LogP contribution >= 0.6 is 0 Å². The summed E-state index contributed by atoms with van der Waals surface area (Å²) in [7, 11) is -1.86. The lowest BCUT2D eigenvalue weighted by atomic mass is 9.92. The minimum absolute atomic E-state index is 0.315. The molecule has 1 heterocycles. The van der Waals surface area contributed by atoms with E-state index in [0.717, 1.165) is 24.8 Å². The minimum atomic E-state index is -3.46. The third-order valence-electron chi connectivity index (χ3n) is 3.99. The van der Waals surface area contributed by atoms with Crippen LogP contribution in [0.2, 0.25) is 0 Å². The highest BCUT2D eigenvalue weighted by Crippen LogP contribution is 2.25. The number of fused-ring (bicyclic) bond motifs is 1. The Labute approximate surface area is 125 Å². The molecule has 0 radical (unpaired) electrons. The second kappa shape index (κ2) is 5.61. The smallest absolute Gasteiger partial charge is 0.243 e. The summed E-state index contributed by atoms with van der Waals surface area (Å²) < 4.78 is 26.6. The van der Waals surface area contributed by atoms with Crippen LogP contribution < -0.4 is 0 Å². The number of aromatic nitrogens is 2. The summed E-state index contributed by atoms with van der Waals surface area (Å²) in [5.41, 5.74) is 3.32. The van der Waals surface area contributed by atoms with E-state index in [0.29, 0.717) is 11.4 Å². The number of nitrogens with zero attached hydrogens (tertiary/aromatic N) is 2. The SMILES string of the molecule is CN(Cc1cn[nH]c1)S(=O)(=O)c1ccc2c(c1)CCCC2. The number of hydrogen-bond donors (Lipinski definition) is 1. The number of H-pyrrole nitrogens is 1. The molecule has 1 aromatic heterocycles. The van der Waals surface area contributed by atoms with Gasteiger partial charge in [0.1, 0.15) is 0 Å². The van der Waals surface area contributed by atoms with E-state index < -0.39 is 10.0 Å². The van der Waals surface area contributed by atoms with Crippen molar-refractivity contribution in [1.82, 2.24) is 14.5 Å². The molecule has 2 aromatic rings. The van der Waals surface area contributed by atoms with Crippen LogP contribution in [0.5, 0.6) is 0 Å². The highest BCUT2D eigenvalue weighted by molar-refractivity contribution is 7.89. The first kappa shape index (κ1) is 14.3. The quantitative estimate of drug-likeness (QED) is 0.941. The van der Waals surface area contributed by atoms with Crippen molar-refractivity contribution in [3.05, 3.63) is 47.3 Å². The average Bonchev–Trinajstić information content (AvgIpc) is 2.99. The fraction of sp³-hybridized carbons (Fsp3) is 0.400. The first-order chi connectivity index (χ1) is 10.1.